The van der Waals surface area contributed by atoms with Gasteiger partial charge in [-0.1, -0.05) is 23.7 Å². The summed E-state index contributed by atoms with van der Waals surface area (Å²) in [4.78, 5) is 18.4. The molecule has 0 atom stereocenters. The zero-order valence-corrected chi connectivity index (χ0v) is 19.0. The molecular formula is C23H19ClN6OS. The molecule has 0 aliphatic carbocycles. The fourth-order valence-corrected chi connectivity index (χ4v) is 4.62. The topological polar surface area (TPSA) is 70.7 Å². The summed E-state index contributed by atoms with van der Waals surface area (Å²) < 4.78 is 10.2. The molecule has 7 nitrogen and oxygen atoms in total. The fourth-order valence-electron chi connectivity index (χ4n) is 3.43. The summed E-state index contributed by atoms with van der Waals surface area (Å²) in [6.07, 6.45) is 12.5. The third-order valence-corrected chi connectivity index (χ3v) is 6.48. The van der Waals surface area contributed by atoms with Crippen LogP contribution in [0.1, 0.15) is 11.3 Å². The van der Waals surface area contributed by atoms with Crippen LogP contribution >= 0.6 is 23.4 Å². The average Bonchev–Trinajstić information content (AvgIpc) is 3.45. The highest BCUT2D eigenvalue weighted by atomic mass is 35.5. The Morgan fingerprint density at radius 1 is 1.12 bits per heavy atom. The molecule has 0 fully saturated rings. The monoisotopic (exact) mass is 462 g/mol. The van der Waals surface area contributed by atoms with Crippen molar-refractivity contribution in [3.8, 4) is 11.4 Å². The average molecular weight is 463 g/mol. The summed E-state index contributed by atoms with van der Waals surface area (Å²) >= 11 is 8.01. The maximum Gasteiger partial charge on any atom is 0.172 e. The highest BCUT2D eigenvalue weighted by Gasteiger charge is 2.15. The summed E-state index contributed by atoms with van der Waals surface area (Å²) in [6, 6.07) is 7.96. The van der Waals surface area contributed by atoms with E-state index in [0.29, 0.717) is 10.8 Å². The second-order valence-electron chi connectivity index (χ2n) is 7.21. The van der Waals surface area contributed by atoms with E-state index < -0.39 is 0 Å². The summed E-state index contributed by atoms with van der Waals surface area (Å²) in [5, 5.41) is 2.38. The van der Waals surface area contributed by atoms with Gasteiger partial charge in [-0.05, 0) is 30.8 Å². The molecule has 160 valence electrons. The number of imidazole rings is 2. The predicted octanol–water partition coefficient (Wildman–Crippen LogP) is 5.24. The largest absolute Gasteiger partial charge is 0.487 e. The van der Waals surface area contributed by atoms with Crippen LogP contribution in [0.4, 0.5) is 0 Å². The Morgan fingerprint density at radius 2 is 2.03 bits per heavy atom. The smallest absolute Gasteiger partial charge is 0.172 e. The molecule has 0 N–H and O–H groups in total. The SMILES string of the molecule is Cc1cc(-n2ccnc2)c2cccc(OCc3c(Cl)cncc3Sc3nccn3C)c2n1. The van der Waals surface area contributed by atoms with Gasteiger partial charge in [0.1, 0.15) is 17.9 Å². The molecule has 5 aromatic rings. The van der Waals surface area contributed by atoms with Crippen molar-refractivity contribution in [3.05, 3.63) is 84.1 Å². The number of aromatic nitrogens is 6. The van der Waals surface area contributed by atoms with E-state index in [0.717, 1.165) is 37.9 Å². The van der Waals surface area contributed by atoms with Crippen molar-refractivity contribution < 1.29 is 4.74 Å². The molecule has 32 heavy (non-hydrogen) atoms. The van der Waals surface area contributed by atoms with E-state index in [1.54, 1.807) is 31.1 Å². The number of nitrogens with zero attached hydrogens (tertiary/aromatic N) is 6. The number of hydrogen-bond donors (Lipinski definition) is 0. The summed E-state index contributed by atoms with van der Waals surface area (Å²) in [6.45, 7) is 2.25. The van der Waals surface area contributed by atoms with E-state index in [1.807, 2.05) is 59.8 Å². The minimum absolute atomic E-state index is 0.281. The first-order valence-corrected chi connectivity index (χ1v) is 11.1. The molecule has 0 bridgehead atoms. The Bertz CT molecular complexity index is 1400. The lowest BCUT2D eigenvalue weighted by Gasteiger charge is -2.15. The van der Waals surface area contributed by atoms with Gasteiger partial charge >= 0.3 is 0 Å². The number of benzene rings is 1. The molecule has 0 aliphatic heterocycles. The van der Waals surface area contributed by atoms with Gasteiger partial charge < -0.3 is 13.9 Å². The molecule has 9 heteroatoms. The van der Waals surface area contributed by atoms with Gasteiger partial charge in [-0.3, -0.25) is 4.98 Å². The van der Waals surface area contributed by atoms with E-state index in [4.69, 9.17) is 21.3 Å². The number of halogens is 1. The summed E-state index contributed by atoms with van der Waals surface area (Å²) in [7, 11) is 1.95. The van der Waals surface area contributed by atoms with Crippen molar-refractivity contribution in [2.45, 2.75) is 23.6 Å². The molecule has 0 aliphatic rings. The van der Waals surface area contributed by atoms with Gasteiger partial charge in [-0.25, -0.2) is 15.0 Å². The van der Waals surface area contributed by atoms with E-state index in [9.17, 15) is 0 Å². The molecule has 0 amide bonds. The van der Waals surface area contributed by atoms with Crippen molar-refractivity contribution in [1.29, 1.82) is 0 Å². The minimum atomic E-state index is 0.281. The zero-order valence-electron chi connectivity index (χ0n) is 17.4. The molecule has 4 heterocycles. The van der Waals surface area contributed by atoms with Crippen molar-refractivity contribution in [1.82, 2.24) is 29.1 Å². The molecule has 0 unspecified atom stereocenters. The number of para-hydroxylation sites is 1. The first-order valence-electron chi connectivity index (χ1n) is 9.89. The van der Waals surface area contributed by atoms with E-state index in [-0.39, 0.29) is 6.61 Å². The van der Waals surface area contributed by atoms with Crippen molar-refractivity contribution in [2.75, 3.05) is 0 Å². The quantitative estimate of drug-likeness (QED) is 0.343. The van der Waals surface area contributed by atoms with Crippen molar-refractivity contribution in [2.24, 2.45) is 7.05 Å². The van der Waals surface area contributed by atoms with Gasteiger partial charge in [-0.2, -0.15) is 0 Å². The number of hydrogen-bond acceptors (Lipinski definition) is 6. The molecule has 0 spiro atoms. The lowest BCUT2D eigenvalue weighted by molar-refractivity contribution is 0.306. The molecule has 1 aromatic carbocycles. The molecule has 4 aromatic heterocycles. The van der Waals surface area contributed by atoms with E-state index in [2.05, 4.69) is 15.0 Å². The van der Waals surface area contributed by atoms with Crippen LogP contribution in [-0.4, -0.2) is 29.1 Å². The first-order chi connectivity index (χ1) is 15.6. The van der Waals surface area contributed by atoms with Gasteiger partial charge in [0.2, 0.25) is 0 Å². The molecular weight excluding hydrogens is 444 g/mol. The lowest BCUT2D eigenvalue weighted by atomic mass is 10.1. The number of fused-ring (bicyclic) bond motifs is 1. The minimum Gasteiger partial charge on any atom is -0.487 e. The Kier molecular flexibility index (Phi) is 5.55. The first kappa shape index (κ1) is 20.5. The third-order valence-electron chi connectivity index (χ3n) is 5.01. The van der Waals surface area contributed by atoms with Crippen LogP contribution in [0.2, 0.25) is 5.02 Å². The second-order valence-corrected chi connectivity index (χ2v) is 8.63. The van der Waals surface area contributed by atoms with Gasteiger partial charge in [0.15, 0.2) is 5.16 Å². The maximum atomic E-state index is 6.50. The van der Waals surface area contributed by atoms with E-state index >= 15 is 0 Å². The zero-order chi connectivity index (χ0) is 22.1. The van der Waals surface area contributed by atoms with E-state index in [1.165, 1.54) is 11.8 Å². The maximum absolute atomic E-state index is 6.50. The van der Waals surface area contributed by atoms with Crippen LogP contribution in [0, 0.1) is 6.92 Å². The number of ether oxygens (including phenoxy) is 1. The lowest BCUT2D eigenvalue weighted by Crippen LogP contribution is -2.02. The van der Waals surface area contributed by atoms with Crippen LogP contribution in [0.5, 0.6) is 5.75 Å². The Balaban J connectivity index is 1.50. The standard InChI is InChI=1S/C23H19ClN6OS/c1-15-10-19(30-9-6-25-14-30)16-4-3-5-20(22(16)28-15)31-13-17-18(24)11-26-12-21(17)32-23-27-7-8-29(23)2/h3-12,14H,13H2,1-2H3. The molecule has 0 saturated carbocycles. The van der Waals surface area contributed by atoms with Crippen LogP contribution in [-0.2, 0) is 13.7 Å². The summed E-state index contributed by atoms with van der Waals surface area (Å²) in [5.41, 5.74) is 3.54. The van der Waals surface area contributed by atoms with Crippen LogP contribution < -0.4 is 4.74 Å². The molecule has 5 rings (SSSR count). The van der Waals surface area contributed by atoms with Crippen LogP contribution in [0.15, 0.2) is 77.8 Å². The molecule has 0 radical (unpaired) electrons. The Morgan fingerprint density at radius 3 is 2.81 bits per heavy atom. The predicted molar refractivity (Wildman–Crippen MR) is 125 cm³/mol. The Labute approximate surface area is 194 Å². The van der Waals surface area contributed by atoms with Crippen LogP contribution in [0.25, 0.3) is 16.6 Å². The van der Waals surface area contributed by atoms with Gasteiger partial charge in [0.25, 0.3) is 0 Å². The summed E-state index contributed by atoms with van der Waals surface area (Å²) in [5.74, 6) is 0.688. The number of pyridine rings is 2. The van der Waals surface area contributed by atoms with Crippen LogP contribution in [0.3, 0.4) is 0 Å². The molecule has 0 saturated heterocycles. The number of aryl methyl sites for hydroxylation is 2. The Hall–Kier alpha value is -3.36. The third kappa shape index (κ3) is 3.94. The fraction of sp³-hybridized carbons (Fsp3) is 0.130. The normalized spacial score (nSPS) is 11.2. The number of rotatable bonds is 6. The van der Waals surface area contributed by atoms with Gasteiger partial charge in [0.05, 0.1) is 17.0 Å². The highest BCUT2D eigenvalue weighted by molar-refractivity contribution is 7.99. The van der Waals surface area contributed by atoms with Gasteiger partial charge in [0, 0.05) is 65.8 Å². The highest BCUT2D eigenvalue weighted by Crippen LogP contribution is 2.34. The second kappa shape index (κ2) is 8.64. The van der Waals surface area contributed by atoms with Gasteiger partial charge in [-0.15, -0.1) is 0 Å². The van der Waals surface area contributed by atoms with Crippen molar-refractivity contribution in [3.63, 3.8) is 0 Å². The van der Waals surface area contributed by atoms with Crippen molar-refractivity contribution >= 4 is 34.3 Å².